The molecule has 0 fully saturated rings. The largest absolute Gasteiger partial charge is 0.323 e. The molecule has 0 saturated carbocycles. The van der Waals surface area contributed by atoms with E-state index in [1.807, 2.05) is 33.8 Å². The number of benzene rings is 2. The minimum Gasteiger partial charge on any atom is -0.323 e. The van der Waals surface area contributed by atoms with Gasteiger partial charge < -0.3 is 5.32 Å². The van der Waals surface area contributed by atoms with Crippen LogP contribution in [0, 0.1) is 13.8 Å². The lowest BCUT2D eigenvalue weighted by atomic mass is 10.0. The van der Waals surface area contributed by atoms with Gasteiger partial charge in [-0.1, -0.05) is 37.6 Å². The van der Waals surface area contributed by atoms with Gasteiger partial charge in [-0.3, -0.25) is 14.2 Å². The summed E-state index contributed by atoms with van der Waals surface area (Å²) in [6.45, 7) is 9.58. The highest BCUT2D eigenvalue weighted by Gasteiger charge is 2.20. The molecule has 0 aliphatic heterocycles. The van der Waals surface area contributed by atoms with E-state index in [1.54, 1.807) is 48.0 Å². The Morgan fingerprint density at radius 1 is 1.03 bits per heavy atom. The van der Waals surface area contributed by atoms with Crippen LogP contribution in [0.15, 0.2) is 53.4 Å². The summed E-state index contributed by atoms with van der Waals surface area (Å²) >= 11 is 6.32. The van der Waals surface area contributed by atoms with Crippen LogP contribution >= 0.6 is 11.6 Å². The number of rotatable bonds is 7. The summed E-state index contributed by atoms with van der Waals surface area (Å²) in [5.74, 6) is 0.0295. The maximum Gasteiger partial charge on any atom is 0.261 e. The van der Waals surface area contributed by atoms with Gasteiger partial charge in [-0.2, -0.15) is 5.10 Å². The number of hydrogen-bond donors (Lipinski definition) is 2. The average molecular weight is 475 g/mol. The number of nitrogens with one attached hydrogen (secondary N) is 2. The zero-order valence-electron chi connectivity index (χ0n) is 18.7. The maximum atomic E-state index is 12.7. The fourth-order valence-electron chi connectivity index (χ4n) is 3.31. The summed E-state index contributed by atoms with van der Waals surface area (Å²) in [6, 6.07) is 12.7. The van der Waals surface area contributed by atoms with Crippen LogP contribution in [0.25, 0.3) is 0 Å². The normalized spacial score (nSPS) is 12.6. The van der Waals surface area contributed by atoms with Gasteiger partial charge in [-0.05, 0) is 68.7 Å². The van der Waals surface area contributed by atoms with Crippen LogP contribution in [0.5, 0.6) is 0 Å². The fourth-order valence-corrected chi connectivity index (χ4v) is 4.59. The van der Waals surface area contributed by atoms with Crippen molar-refractivity contribution >= 4 is 38.9 Å². The zero-order valence-corrected chi connectivity index (χ0v) is 20.3. The lowest BCUT2D eigenvalue weighted by Crippen LogP contribution is -2.25. The molecule has 0 aliphatic rings. The van der Waals surface area contributed by atoms with Gasteiger partial charge in [0.05, 0.1) is 27.0 Å². The molecule has 7 nitrogen and oxygen atoms in total. The molecule has 1 atom stereocenters. The minimum absolute atomic E-state index is 0.161. The molecule has 1 aromatic heterocycles. The standard InChI is InChI=1S/C23H27ClN4O3S/c1-14(2)18-6-9-20(10-7-18)32(30,31)27-19-8-11-22(21(24)13-19)25-23(29)17(5)28-16(4)12-15(3)26-28/h6-14,17,27H,1-5H3,(H,25,29). The van der Waals surface area contributed by atoms with Gasteiger partial charge in [0.25, 0.3) is 10.0 Å². The van der Waals surface area contributed by atoms with Crippen LogP contribution in [0.1, 0.15) is 49.7 Å². The van der Waals surface area contributed by atoms with Crippen molar-refractivity contribution in [3.05, 3.63) is 70.5 Å². The number of aryl methyl sites for hydroxylation is 2. The highest BCUT2D eigenvalue weighted by Crippen LogP contribution is 2.28. The molecule has 3 rings (SSSR count). The molecule has 32 heavy (non-hydrogen) atoms. The molecule has 0 aliphatic carbocycles. The van der Waals surface area contributed by atoms with Crippen molar-refractivity contribution < 1.29 is 13.2 Å². The molecule has 170 valence electrons. The van der Waals surface area contributed by atoms with Gasteiger partial charge >= 0.3 is 0 Å². The third-order valence-electron chi connectivity index (χ3n) is 5.13. The molecule has 0 bridgehead atoms. The summed E-state index contributed by atoms with van der Waals surface area (Å²) in [5.41, 5.74) is 3.45. The SMILES string of the molecule is Cc1cc(C)n(C(C)C(=O)Nc2ccc(NS(=O)(=O)c3ccc(C(C)C)cc3)cc2Cl)n1. The Morgan fingerprint density at radius 2 is 1.69 bits per heavy atom. The summed E-state index contributed by atoms with van der Waals surface area (Å²) < 4.78 is 29.6. The van der Waals surface area contributed by atoms with Gasteiger partial charge in [-0.25, -0.2) is 8.42 Å². The summed E-state index contributed by atoms with van der Waals surface area (Å²) in [7, 11) is -3.77. The Labute approximate surface area is 193 Å². The lowest BCUT2D eigenvalue weighted by molar-refractivity contribution is -0.119. The molecule has 1 heterocycles. The van der Waals surface area contributed by atoms with E-state index in [2.05, 4.69) is 15.1 Å². The first-order valence-electron chi connectivity index (χ1n) is 10.2. The molecule has 2 aromatic carbocycles. The Balaban J connectivity index is 1.73. The van der Waals surface area contributed by atoms with Crippen LogP contribution in [0.3, 0.4) is 0 Å². The van der Waals surface area contributed by atoms with Crippen molar-refractivity contribution in [2.24, 2.45) is 0 Å². The third-order valence-corrected chi connectivity index (χ3v) is 6.84. The van der Waals surface area contributed by atoms with E-state index in [9.17, 15) is 13.2 Å². The van der Waals surface area contributed by atoms with Crippen LogP contribution in [-0.4, -0.2) is 24.1 Å². The Bertz CT molecular complexity index is 1230. The lowest BCUT2D eigenvalue weighted by Gasteiger charge is -2.16. The maximum absolute atomic E-state index is 12.7. The second kappa shape index (κ2) is 9.34. The molecular weight excluding hydrogens is 448 g/mol. The predicted octanol–water partition coefficient (Wildman–Crippen LogP) is 5.28. The summed E-state index contributed by atoms with van der Waals surface area (Å²) in [6.07, 6.45) is 0. The van der Waals surface area contributed by atoms with Crippen LogP contribution in [0.2, 0.25) is 5.02 Å². The molecule has 0 radical (unpaired) electrons. The average Bonchev–Trinajstić information content (AvgIpc) is 3.07. The fraction of sp³-hybridized carbons (Fsp3) is 0.304. The van der Waals surface area contributed by atoms with Gasteiger partial charge in [0.15, 0.2) is 0 Å². The van der Waals surface area contributed by atoms with E-state index in [-0.39, 0.29) is 15.8 Å². The van der Waals surface area contributed by atoms with Gasteiger partial charge in [-0.15, -0.1) is 0 Å². The smallest absolute Gasteiger partial charge is 0.261 e. The van der Waals surface area contributed by atoms with Crippen molar-refractivity contribution in [3.8, 4) is 0 Å². The van der Waals surface area contributed by atoms with E-state index in [1.165, 1.54) is 6.07 Å². The van der Waals surface area contributed by atoms with E-state index in [0.29, 0.717) is 17.3 Å². The summed E-state index contributed by atoms with van der Waals surface area (Å²) in [4.78, 5) is 12.8. The topological polar surface area (TPSA) is 93.1 Å². The Hall–Kier alpha value is -2.84. The monoisotopic (exact) mass is 474 g/mol. The molecule has 0 saturated heterocycles. The minimum atomic E-state index is -3.77. The van der Waals surface area contributed by atoms with Crippen molar-refractivity contribution in [1.29, 1.82) is 0 Å². The van der Waals surface area contributed by atoms with Gasteiger partial charge in [0, 0.05) is 5.69 Å². The number of sulfonamides is 1. The number of carbonyl (C=O) groups excluding carboxylic acids is 1. The van der Waals surface area contributed by atoms with E-state index in [4.69, 9.17) is 11.6 Å². The van der Waals surface area contributed by atoms with E-state index < -0.39 is 16.1 Å². The second-order valence-corrected chi connectivity index (χ2v) is 10.2. The number of halogens is 1. The number of nitrogens with zero attached hydrogens (tertiary/aromatic N) is 2. The first-order chi connectivity index (χ1) is 15.0. The zero-order chi connectivity index (χ0) is 23.6. The van der Waals surface area contributed by atoms with Crippen molar-refractivity contribution in [2.45, 2.75) is 51.5 Å². The molecule has 1 amide bonds. The first kappa shape index (κ1) is 23.8. The highest BCUT2D eigenvalue weighted by molar-refractivity contribution is 7.92. The van der Waals surface area contributed by atoms with Crippen LogP contribution in [0.4, 0.5) is 11.4 Å². The molecule has 0 spiro atoms. The van der Waals surface area contributed by atoms with Gasteiger partial charge in [0.1, 0.15) is 6.04 Å². The van der Waals surface area contributed by atoms with E-state index >= 15 is 0 Å². The number of hydrogen-bond acceptors (Lipinski definition) is 4. The molecule has 2 N–H and O–H groups in total. The summed E-state index contributed by atoms with van der Waals surface area (Å²) in [5, 5.41) is 7.33. The first-order valence-corrected chi connectivity index (χ1v) is 12.1. The number of carbonyl (C=O) groups is 1. The highest BCUT2D eigenvalue weighted by atomic mass is 35.5. The number of anilines is 2. The molecule has 1 unspecified atom stereocenters. The predicted molar refractivity (Wildman–Crippen MR) is 128 cm³/mol. The number of amides is 1. The Morgan fingerprint density at radius 3 is 2.22 bits per heavy atom. The quantitative estimate of drug-likeness (QED) is 0.487. The number of aromatic nitrogens is 2. The van der Waals surface area contributed by atoms with Crippen molar-refractivity contribution in [3.63, 3.8) is 0 Å². The van der Waals surface area contributed by atoms with Crippen molar-refractivity contribution in [2.75, 3.05) is 10.0 Å². The van der Waals surface area contributed by atoms with E-state index in [0.717, 1.165) is 17.0 Å². The second-order valence-electron chi connectivity index (χ2n) is 8.06. The van der Waals surface area contributed by atoms with Crippen LogP contribution in [-0.2, 0) is 14.8 Å². The molecule has 9 heteroatoms. The Kier molecular flexibility index (Phi) is 6.95. The van der Waals surface area contributed by atoms with Crippen LogP contribution < -0.4 is 10.0 Å². The third kappa shape index (κ3) is 5.31. The molecule has 3 aromatic rings. The van der Waals surface area contributed by atoms with Crippen molar-refractivity contribution in [1.82, 2.24) is 9.78 Å². The molecular formula is C23H27ClN4O3S. The van der Waals surface area contributed by atoms with Gasteiger partial charge in [0.2, 0.25) is 5.91 Å².